The van der Waals surface area contributed by atoms with Gasteiger partial charge in [-0.1, -0.05) is 48.5 Å². The van der Waals surface area contributed by atoms with Crippen LogP contribution in [0.5, 0.6) is 0 Å². The van der Waals surface area contributed by atoms with Gasteiger partial charge in [0.05, 0.1) is 0 Å². The smallest absolute Gasteiger partial charge is 0.270 e. The van der Waals surface area contributed by atoms with Crippen molar-refractivity contribution in [2.75, 3.05) is 11.9 Å². The average molecular weight is 412 g/mol. The van der Waals surface area contributed by atoms with Gasteiger partial charge >= 0.3 is 0 Å². The van der Waals surface area contributed by atoms with Crippen LogP contribution in [0.3, 0.4) is 0 Å². The normalized spacial score (nSPS) is 10.6. The van der Waals surface area contributed by atoms with Crippen molar-refractivity contribution in [3.63, 3.8) is 0 Å². The summed E-state index contributed by atoms with van der Waals surface area (Å²) in [5, 5.41) is 3.17. The number of aromatic nitrogens is 3. The van der Waals surface area contributed by atoms with Crippen LogP contribution in [0.15, 0.2) is 85.3 Å². The molecule has 0 radical (unpaired) electrons. The van der Waals surface area contributed by atoms with E-state index in [1.807, 2.05) is 96.4 Å². The third kappa shape index (κ3) is 4.80. The van der Waals surface area contributed by atoms with E-state index in [0.29, 0.717) is 24.7 Å². The van der Waals surface area contributed by atoms with Gasteiger partial charge in [-0.05, 0) is 30.7 Å². The standard InChI is InChI=1S/C25H25N5O/c1-3-30(17-19-10-6-4-7-11-19)24(31)23-14-20(18-29(23)2)21-15-26-25(27-16-21)28-22-12-8-5-9-13-22/h4-16,18H,3,17H2,1-2H3,(H,26,27,28). The molecule has 2 aromatic heterocycles. The Kier molecular flexibility index (Phi) is 6.08. The topological polar surface area (TPSA) is 63.1 Å². The molecule has 156 valence electrons. The molecule has 1 amide bonds. The van der Waals surface area contributed by atoms with Crippen molar-refractivity contribution < 1.29 is 4.79 Å². The number of nitrogens with one attached hydrogen (secondary N) is 1. The minimum absolute atomic E-state index is 0.00314. The minimum Gasteiger partial charge on any atom is -0.346 e. The number of carbonyl (C=O) groups is 1. The van der Waals surface area contributed by atoms with Crippen LogP contribution in [-0.4, -0.2) is 31.9 Å². The van der Waals surface area contributed by atoms with E-state index in [2.05, 4.69) is 15.3 Å². The Morgan fingerprint density at radius 1 is 0.968 bits per heavy atom. The average Bonchev–Trinajstić information content (AvgIpc) is 3.20. The number of aryl methyl sites for hydroxylation is 1. The largest absolute Gasteiger partial charge is 0.346 e. The van der Waals surface area contributed by atoms with Gasteiger partial charge in [-0.25, -0.2) is 9.97 Å². The molecular weight excluding hydrogens is 386 g/mol. The van der Waals surface area contributed by atoms with Crippen LogP contribution in [0.25, 0.3) is 11.1 Å². The first kappa shape index (κ1) is 20.3. The third-order valence-electron chi connectivity index (χ3n) is 5.12. The highest BCUT2D eigenvalue weighted by Crippen LogP contribution is 2.23. The zero-order valence-electron chi connectivity index (χ0n) is 17.7. The zero-order valence-corrected chi connectivity index (χ0v) is 17.7. The third-order valence-corrected chi connectivity index (χ3v) is 5.12. The minimum atomic E-state index is 0.00314. The molecule has 0 saturated heterocycles. The van der Waals surface area contributed by atoms with Gasteiger partial charge < -0.3 is 14.8 Å². The van der Waals surface area contributed by atoms with Crippen molar-refractivity contribution in [1.82, 2.24) is 19.4 Å². The van der Waals surface area contributed by atoms with Gasteiger partial charge in [0.15, 0.2) is 0 Å². The van der Waals surface area contributed by atoms with Gasteiger partial charge in [0.1, 0.15) is 5.69 Å². The van der Waals surface area contributed by atoms with E-state index in [4.69, 9.17) is 0 Å². The molecule has 2 aromatic carbocycles. The first-order valence-corrected chi connectivity index (χ1v) is 10.3. The molecule has 2 heterocycles. The molecule has 6 nitrogen and oxygen atoms in total. The van der Waals surface area contributed by atoms with E-state index in [-0.39, 0.29) is 5.91 Å². The lowest BCUT2D eigenvalue weighted by atomic mass is 10.1. The second kappa shape index (κ2) is 9.26. The lowest BCUT2D eigenvalue weighted by molar-refractivity contribution is 0.0743. The molecular formula is C25H25N5O. The van der Waals surface area contributed by atoms with Gasteiger partial charge in [0.25, 0.3) is 5.91 Å². The Balaban J connectivity index is 1.50. The van der Waals surface area contributed by atoms with Crippen LogP contribution in [0.4, 0.5) is 11.6 Å². The molecule has 0 unspecified atom stereocenters. The van der Waals surface area contributed by atoms with Crippen LogP contribution in [0, 0.1) is 0 Å². The van der Waals surface area contributed by atoms with Crippen molar-refractivity contribution in [2.45, 2.75) is 13.5 Å². The number of rotatable bonds is 7. The van der Waals surface area contributed by atoms with Crippen molar-refractivity contribution in [1.29, 1.82) is 0 Å². The molecule has 4 aromatic rings. The molecule has 0 bridgehead atoms. The highest BCUT2D eigenvalue weighted by Gasteiger charge is 2.19. The molecule has 0 aliphatic rings. The van der Waals surface area contributed by atoms with E-state index in [9.17, 15) is 4.79 Å². The van der Waals surface area contributed by atoms with Crippen LogP contribution in [0.1, 0.15) is 23.0 Å². The van der Waals surface area contributed by atoms with Crippen molar-refractivity contribution in [3.05, 3.63) is 96.6 Å². The molecule has 0 aliphatic heterocycles. The quantitative estimate of drug-likeness (QED) is 0.470. The van der Waals surface area contributed by atoms with Crippen molar-refractivity contribution in [2.24, 2.45) is 7.05 Å². The van der Waals surface area contributed by atoms with Crippen molar-refractivity contribution in [3.8, 4) is 11.1 Å². The number of anilines is 2. The number of hydrogen-bond acceptors (Lipinski definition) is 4. The summed E-state index contributed by atoms with van der Waals surface area (Å²) < 4.78 is 1.86. The summed E-state index contributed by atoms with van der Waals surface area (Å²) in [5.74, 6) is 0.533. The maximum atomic E-state index is 13.2. The van der Waals surface area contributed by atoms with E-state index < -0.39 is 0 Å². The fraction of sp³-hybridized carbons (Fsp3) is 0.160. The molecule has 0 spiro atoms. The number of benzene rings is 2. The van der Waals surface area contributed by atoms with E-state index in [1.54, 1.807) is 12.4 Å². The second-order valence-electron chi connectivity index (χ2n) is 7.32. The Bertz CT molecular complexity index is 1140. The fourth-order valence-electron chi connectivity index (χ4n) is 3.42. The lowest BCUT2D eigenvalue weighted by Crippen LogP contribution is -2.31. The van der Waals surface area contributed by atoms with Crippen LogP contribution >= 0.6 is 0 Å². The predicted octanol–water partition coefficient (Wildman–Crippen LogP) is 4.89. The Morgan fingerprint density at radius 3 is 2.26 bits per heavy atom. The summed E-state index contributed by atoms with van der Waals surface area (Å²) in [4.78, 5) is 23.8. The van der Waals surface area contributed by atoms with Crippen LogP contribution < -0.4 is 5.32 Å². The van der Waals surface area contributed by atoms with E-state index in [0.717, 1.165) is 22.4 Å². The number of carbonyl (C=O) groups excluding carboxylic acids is 1. The van der Waals surface area contributed by atoms with Gasteiger partial charge in [0, 0.05) is 55.5 Å². The summed E-state index contributed by atoms with van der Waals surface area (Å²) in [6, 6.07) is 21.7. The SMILES string of the molecule is CCN(Cc1ccccc1)C(=O)c1cc(-c2cnc(Nc3ccccc3)nc2)cn1C. The Hall–Kier alpha value is -3.93. The first-order chi connectivity index (χ1) is 15.1. The number of amides is 1. The number of para-hydroxylation sites is 1. The molecule has 6 heteroatoms. The monoisotopic (exact) mass is 411 g/mol. The highest BCUT2D eigenvalue weighted by molar-refractivity contribution is 5.94. The Morgan fingerprint density at radius 2 is 1.61 bits per heavy atom. The predicted molar refractivity (Wildman–Crippen MR) is 123 cm³/mol. The summed E-state index contributed by atoms with van der Waals surface area (Å²) in [6.07, 6.45) is 5.47. The maximum Gasteiger partial charge on any atom is 0.270 e. The Labute approximate surface area is 182 Å². The first-order valence-electron chi connectivity index (χ1n) is 10.3. The van der Waals surface area contributed by atoms with Gasteiger partial charge in [-0.2, -0.15) is 0 Å². The summed E-state index contributed by atoms with van der Waals surface area (Å²) >= 11 is 0. The number of nitrogens with zero attached hydrogens (tertiary/aromatic N) is 4. The molecule has 31 heavy (non-hydrogen) atoms. The van der Waals surface area contributed by atoms with E-state index >= 15 is 0 Å². The summed E-state index contributed by atoms with van der Waals surface area (Å²) in [6.45, 7) is 3.22. The van der Waals surface area contributed by atoms with Crippen LogP contribution in [0.2, 0.25) is 0 Å². The molecule has 0 atom stereocenters. The van der Waals surface area contributed by atoms with Crippen molar-refractivity contribution >= 4 is 17.5 Å². The van der Waals surface area contributed by atoms with E-state index in [1.165, 1.54) is 0 Å². The molecule has 0 aliphatic carbocycles. The van der Waals surface area contributed by atoms with Gasteiger partial charge in [-0.15, -0.1) is 0 Å². The second-order valence-corrected chi connectivity index (χ2v) is 7.32. The molecule has 0 fully saturated rings. The van der Waals surface area contributed by atoms with Crippen LogP contribution in [-0.2, 0) is 13.6 Å². The molecule has 0 saturated carbocycles. The lowest BCUT2D eigenvalue weighted by Gasteiger charge is -2.21. The number of hydrogen-bond donors (Lipinski definition) is 1. The molecule has 4 rings (SSSR count). The van der Waals surface area contributed by atoms with Gasteiger partial charge in [0.2, 0.25) is 5.95 Å². The fourth-order valence-corrected chi connectivity index (χ4v) is 3.42. The molecule has 1 N–H and O–H groups in total. The highest BCUT2D eigenvalue weighted by atomic mass is 16.2. The summed E-state index contributed by atoms with van der Waals surface area (Å²) in [7, 11) is 1.89. The van der Waals surface area contributed by atoms with Gasteiger partial charge in [-0.3, -0.25) is 4.79 Å². The summed E-state index contributed by atoms with van der Waals surface area (Å²) in [5.41, 5.74) is 4.45. The zero-order chi connectivity index (χ0) is 21.6. The maximum absolute atomic E-state index is 13.2.